The van der Waals surface area contributed by atoms with Crippen molar-refractivity contribution < 1.29 is 14.5 Å². The van der Waals surface area contributed by atoms with E-state index in [2.05, 4.69) is 10.2 Å². The van der Waals surface area contributed by atoms with Crippen LogP contribution in [0.2, 0.25) is 0 Å². The minimum atomic E-state index is -0.578. The van der Waals surface area contributed by atoms with E-state index in [1.165, 1.54) is 18.2 Å². The Morgan fingerprint density at radius 3 is 2.65 bits per heavy atom. The van der Waals surface area contributed by atoms with Crippen LogP contribution in [-0.4, -0.2) is 22.6 Å². The number of fused-ring (bicyclic) bond motifs is 1. The summed E-state index contributed by atoms with van der Waals surface area (Å²) < 4.78 is 5.40. The van der Waals surface area contributed by atoms with Crippen LogP contribution in [0.25, 0.3) is 0 Å². The maximum atomic E-state index is 12.0. The minimum absolute atomic E-state index is 0.0938. The molecule has 0 saturated carbocycles. The van der Waals surface area contributed by atoms with Crippen LogP contribution < -0.4 is 11.5 Å². The van der Waals surface area contributed by atoms with Gasteiger partial charge in [-0.05, 0) is 6.07 Å². The SMILES string of the molecule is NC(N)=N/N=C(\C[C@@H]1OC(=O)c2ccccc21)c1cccc([N+](=O)[O-])c1. The van der Waals surface area contributed by atoms with Crippen molar-refractivity contribution in [3.63, 3.8) is 0 Å². The highest BCUT2D eigenvalue weighted by molar-refractivity contribution is 6.03. The van der Waals surface area contributed by atoms with Gasteiger partial charge in [-0.1, -0.05) is 30.3 Å². The first-order valence-electron chi connectivity index (χ1n) is 7.66. The Kier molecular flexibility index (Phi) is 4.61. The van der Waals surface area contributed by atoms with Gasteiger partial charge in [0.15, 0.2) is 0 Å². The predicted molar refractivity (Wildman–Crippen MR) is 94.7 cm³/mol. The highest BCUT2D eigenvalue weighted by atomic mass is 16.6. The Balaban J connectivity index is 1.98. The monoisotopic (exact) mass is 353 g/mol. The summed E-state index contributed by atoms with van der Waals surface area (Å²) in [6.07, 6.45) is -0.410. The second-order valence-electron chi connectivity index (χ2n) is 5.56. The van der Waals surface area contributed by atoms with Crippen molar-refractivity contribution >= 4 is 23.3 Å². The molecule has 2 aromatic carbocycles. The lowest BCUT2D eigenvalue weighted by Crippen LogP contribution is -2.22. The Morgan fingerprint density at radius 2 is 1.92 bits per heavy atom. The highest BCUT2D eigenvalue weighted by Gasteiger charge is 2.32. The average Bonchev–Trinajstić information content (AvgIpc) is 2.94. The van der Waals surface area contributed by atoms with E-state index in [0.717, 1.165) is 5.56 Å². The zero-order valence-electron chi connectivity index (χ0n) is 13.5. The maximum Gasteiger partial charge on any atom is 0.339 e. The van der Waals surface area contributed by atoms with Crippen molar-refractivity contribution in [3.05, 3.63) is 75.3 Å². The molecule has 0 spiro atoms. The number of non-ortho nitro benzene ring substituents is 1. The van der Waals surface area contributed by atoms with Crippen molar-refractivity contribution in [2.75, 3.05) is 0 Å². The van der Waals surface area contributed by atoms with Gasteiger partial charge in [-0.15, -0.1) is 5.10 Å². The number of nitrogens with zero attached hydrogens (tertiary/aromatic N) is 3. The van der Waals surface area contributed by atoms with Gasteiger partial charge in [-0.25, -0.2) is 4.79 Å². The molecule has 1 aliphatic rings. The third-order valence-corrected chi connectivity index (χ3v) is 3.83. The molecule has 4 N–H and O–H groups in total. The summed E-state index contributed by atoms with van der Waals surface area (Å²) in [5.74, 6) is -0.678. The molecule has 132 valence electrons. The number of carbonyl (C=O) groups excluding carboxylic acids is 1. The first-order valence-corrected chi connectivity index (χ1v) is 7.66. The Labute approximate surface area is 148 Å². The first kappa shape index (κ1) is 17.1. The summed E-state index contributed by atoms with van der Waals surface area (Å²) >= 11 is 0. The summed E-state index contributed by atoms with van der Waals surface area (Å²) in [5, 5.41) is 18.7. The highest BCUT2D eigenvalue weighted by Crippen LogP contribution is 2.34. The van der Waals surface area contributed by atoms with Crippen LogP contribution in [0.3, 0.4) is 0 Å². The number of hydrogen-bond acceptors (Lipinski definition) is 6. The lowest BCUT2D eigenvalue weighted by atomic mass is 9.98. The number of ether oxygens (including phenoxy) is 1. The summed E-state index contributed by atoms with van der Waals surface area (Å²) in [5.41, 5.74) is 12.6. The molecule has 0 saturated heterocycles. The molecule has 1 heterocycles. The summed E-state index contributed by atoms with van der Waals surface area (Å²) in [7, 11) is 0. The van der Waals surface area contributed by atoms with Gasteiger partial charge in [0, 0.05) is 29.7 Å². The molecule has 0 bridgehead atoms. The van der Waals surface area contributed by atoms with Gasteiger partial charge in [0.1, 0.15) is 6.10 Å². The van der Waals surface area contributed by atoms with Gasteiger partial charge in [-0.2, -0.15) is 5.10 Å². The van der Waals surface area contributed by atoms with Gasteiger partial charge in [0.05, 0.1) is 16.2 Å². The molecule has 0 fully saturated rings. The number of nitro benzene ring substituents is 1. The second kappa shape index (κ2) is 7.01. The number of nitro groups is 1. The normalized spacial score (nSPS) is 15.9. The van der Waals surface area contributed by atoms with E-state index < -0.39 is 17.0 Å². The number of benzene rings is 2. The number of esters is 1. The average molecular weight is 353 g/mol. The van der Waals surface area contributed by atoms with Crippen molar-refractivity contribution in [2.24, 2.45) is 21.7 Å². The van der Waals surface area contributed by atoms with Crippen LogP contribution in [0.4, 0.5) is 5.69 Å². The molecule has 9 heteroatoms. The van der Waals surface area contributed by atoms with E-state index in [9.17, 15) is 14.9 Å². The Bertz CT molecular complexity index is 934. The fourth-order valence-electron chi connectivity index (χ4n) is 2.68. The van der Waals surface area contributed by atoms with E-state index >= 15 is 0 Å². The summed E-state index contributed by atoms with van der Waals surface area (Å²) in [6.45, 7) is 0. The molecule has 1 aliphatic heterocycles. The first-order chi connectivity index (χ1) is 12.5. The number of rotatable bonds is 5. The molecule has 0 unspecified atom stereocenters. The largest absolute Gasteiger partial charge is 0.453 e. The summed E-state index contributed by atoms with van der Waals surface area (Å²) in [4.78, 5) is 22.5. The van der Waals surface area contributed by atoms with Crippen LogP contribution in [0.15, 0.2) is 58.7 Å². The number of cyclic esters (lactones) is 1. The van der Waals surface area contributed by atoms with Gasteiger partial charge in [0.2, 0.25) is 5.96 Å². The maximum absolute atomic E-state index is 12.0. The number of carbonyl (C=O) groups is 1. The summed E-state index contributed by atoms with van der Waals surface area (Å²) in [6, 6.07) is 12.9. The smallest absolute Gasteiger partial charge is 0.339 e. The molecule has 3 rings (SSSR count). The molecule has 26 heavy (non-hydrogen) atoms. The number of guanidine groups is 1. The van der Waals surface area contributed by atoms with E-state index in [0.29, 0.717) is 16.8 Å². The quantitative estimate of drug-likeness (QED) is 0.276. The Morgan fingerprint density at radius 1 is 1.15 bits per heavy atom. The van der Waals surface area contributed by atoms with Gasteiger partial charge in [0.25, 0.3) is 5.69 Å². The van der Waals surface area contributed by atoms with E-state index in [-0.39, 0.29) is 18.1 Å². The molecule has 1 atom stereocenters. The van der Waals surface area contributed by atoms with Gasteiger partial charge >= 0.3 is 5.97 Å². The molecule has 0 amide bonds. The standard InChI is InChI=1S/C17H15N5O4/c18-17(19)21-20-14(10-4-3-5-11(8-10)22(24)25)9-15-12-6-1-2-7-13(12)16(23)26-15/h1-8,15H,9H2,(H4,18,19,21)/b20-14+/t15-/m0/s1. The zero-order chi connectivity index (χ0) is 18.7. The molecule has 0 aromatic heterocycles. The lowest BCUT2D eigenvalue weighted by molar-refractivity contribution is -0.384. The fraction of sp³-hybridized carbons (Fsp3) is 0.118. The van der Waals surface area contributed by atoms with Crippen molar-refractivity contribution in [1.82, 2.24) is 0 Å². The lowest BCUT2D eigenvalue weighted by Gasteiger charge is -2.12. The van der Waals surface area contributed by atoms with Crippen LogP contribution in [0.5, 0.6) is 0 Å². The van der Waals surface area contributed by atoms with Crippen LogP contribution in [0.1, 0.15) is 34.0 Å². The third kappa shape index (κ3) is 3.51. The van der Waals surface area contributed by atoms with Crippen LogP contribution >= 0.6 is 0 Å². The zero-order valence-corrected chi connectivity index (χ0v) is 13.5. The van der Waals surface area contributed by atoms with Gasteiger partial charge < -0.3 is 16.2 Å². The molecule has 0 aliphatic carbocycles. The number of hydrogen-bond donors (Lipinski definition) is 2. The topological polar surface area (TPSA) is 146 Å². The fourth-order valence-corrected chi connectivity index (χ4v) is 2.68. The van der Waals surface area contributed by atoms with E-state index in [1.807, 2.05) is 0 Å². The van der Waals surface area contributed by atoms with Crippen LogP contribution in [-0.2, 0) is 4.74 Å². The van der Waals surface area contributed by atoms with E-state index in [1.54, 1.807) is 30.3 Å². The van der Waals surface area contributed by atoms with Gasteiger partial charge in [-0.3, -0.25) is 10.1 Å². The molecule has 0 radical (unpaired) electrons. The molecular formula is C17H15N5O4. The van der Waals surface area contributed by atoms with Crippen molar-refractivity contribution in [3.8, 4) is 0 Å². The minimum Gasteiger partial charge on any atom is -0.453 e. The van der Waals surface area contributed by atoms with Crippen molar-refractivity contribution in [1.29, 1.82) is 0 Å². The van der Waals surface area contributed by atoms with E-state index in [4.69, 9.17) is 16.2 Å². The molecule has 2 aromatic rings. The molecule has 9 nitrogen and oxygen atoms in total. The number of nitrogens with two attached hydrogens (primary N) is 2. The predicted octanol–water partition coefficient (Wildman–Crippen LogP) is 1.87. The molecular weight excluding hydrogens is 338 g/mol. The van der Waals surface area contributed by atoms with Crippen LogP contribution in [0, 0.1) is 10.1 Å². The second-order valence-corrected chi connectivity index (χ2v) is 5.56. The Hall–Kier alpha value is -3.75. The third-order valence-electron chi connectivity index (χ3n) is 3.83. The van der Waals surface area contributed by atoms with Crippen molar-refractivity contribution in [2.45, 2.75) is 12.5 Å².